The average molecular weight is 165 g/mol. The highest BCUT2D eigenvalue weighted by molar-refractivity contribution is 5.06. The monoisotopic (exact) mass is 165 g/mol. The lowest BCUT2D eigenvalue weighted by Crippen LogP contribution is -2.39. The third kappa shape index (κ3) is 0.736. The number of rotatable bonds is 0. The maximum Gasteiger partial charge on any atom is 0.0149 e. The smallest absolute Gasteiger partial charge is 0.0149 e. The van der Waals surface area contributed by atoms with Gasteiger partial charge >= 0.3 is 0 Å². The standard InChI is InChI=1S/C11H19N/c1-11-4-3-8(6-11)9-5-10(11)12(2)7-9/h8-10H,3-7H2,1-2H3. The van der Waals surface area contributed by atoms with Crippen molar-refractivity contribution in [2.45, 2.75) is 38.6 Å². The third-order valence-electron chi connectivity index (χ3n) is 4.87. The quantitative estimate of drug-likeness (QED) is 0.531. The molecule has 2 saturated carbocycles. The minimum atomic E-state index is 0.701. The summed E-state index contributed by atoms with van der Waals surface area (Å²) in [5, 5.41) is 0. The van der Waals surface area contributed by atoms with Crippen LogP contribution in [0.1, 0.15) is 32.6 Å². The van der Waals surface area contributed by atoms with Gasteiger partial charge in [-0.3, -0.25) is 0 Å². The van der Waals surface area contributed by atoms with E-state index in [1.54, 1.807) is 0 Å². The molecule has 1 saturated heterocycles. The lowest BCUT2D eigenvalue weighted by molar-refractivity contribution is 0.126. The van der Waals surface area contributed by atoms with E-state index in [9.17, 15) is 0 Å². The SMILES string of the molecule is CN1CC2CC1C1(C)CCC2C1. The van der Waals surface area contributed by atoms with Crippen molar-refractivity contribution in [3.05, 3.63) is 0 Å². The largest absolute Gasteiger partial charge is 0.303 e. The second kappa shape index (κ2) is 2.06. The van der Waals surface area contributed by atoms with E-state index in [4.69, 9.17) is 0 Å². The Balaban J connectivity index is 1.99. The van der Waals surface area contributed by atoms with Crippen LogP contribution in [-0.2, 0) is 0 Å². The highest BCUT2D eigenvalue weighted by Crippen LogP contribution is 2.57. The van der Waals surface area contributed by atoms with Crippen LogP contribution >= 0.6 is 0 Å². The van der Waals surface area contributed by atoms with Crippen molar-refractivity contribution in [3.8, 4) is 0 Å². The molecule has 1 heterocycles. The summed E-state index contributed by atoms with van der Waals surface area (Å²) in [6.07, 6.45) is 6.08. The molecule has 3 aliphatic rings. The van der Waals surface area contributed by atoms with Crippen molar-refractivity contribution < 1.29 is 0 Å². The van der Waals surface area contributed by atoms with Gasteiger partial charge in [0.1, 0.15) is 0 Å². The van der Waals surface area contributed by atoms with E-state index in [-0.39, 0.29) is 0 Å². The van der Waals surface area contributed by atoms with Gasteiger partial charge in [0.2, 0.25) is 0 Å². The zero-order valence-electron chi connectivity index (χ0n) is 8.21. The van der Waals surface area contributed by atoms with Gasteiger partial charge in [0.25, 0.3) is 0 Å². The molecule has 4 unspecified atom stereocenters. The minimum Gasteiger partial charge on any atom is -0.303 e. The molecule has 0 N–H and O–H groups in total. The van der Waals surface area contributed by atoms with Crippen molar-refractivity contribution in [2.24, 2.45) is 17.3 Å². The minimum absolute atomic E-state index is 0.701. The molecule has 4 bridgehead atoms. The average Bonchev–Trinajstić information content (AvgIpc) is 2.50. The fourth-order valence-electron chi connectivity index (χ4n) is 4.22. The molecular weight excluding hydrogens is 146 g/mol. The topological polar surface area (TPSA) is 3.24 Å². The molecule has 1 heteroatoms. The van der Waals surface area contributed by atoms with E-state index >= 15 is 0 Å². The maximum absolute atomic E-state index is 2.63. The summed E-state index contributed by atoms with van der Waals surface area (Å²) in [5.74, 6) is 2.16. The molecule has 12 heavy (non-hydrogen) atoms. The van der Waals surface area contributed by atoms with Gasteiger partial charge < -0.3 is 4.90 Å². The summed E-state index contributed by atoms with van der Waals surface area (Å²) in [6, 6.07) is 0.932. The summed E-state index contributed by atoms with van der Waals surface area (Å²) < 4.78 is 0. The molecule has 0 aromatic carbocycles. The van der Waals surface area contributed by atoms with E-state index in [2.05, 4.69) is 18.9 Å². The maximum atomic E-state index is 2.63. The molecule has 0 radical (unpaired) electrons. The summed E-state index contributed by atoms with van der Waals surface area (Å²) in [7, 11) is 2.33. The second-order valence-corrected chi connectivity index (χ2v) is 5.61. The molecule has 0 amide bonds. The number of likely N-dealkylation sites (tertiary alicyclic amines) is 1. The zero-order valence-corrected chi connectivity index (χ0v) is 8.21. The molecule has 0 aromatic heterocycles. The van der Waals surface area contributed by atoms with Crippen LogP contribution in [0, 0.1) is 17.3 Å². The fourth-order valence-corrected chi connectivity index (χ4v) is 4.22. The summed E-state index contributed by atoms with van der Waals surface area (Å²) in [6.45, 7) is 3.92. The van der Waals surface area contributed by atoms with Crippen LogP contribution < -0.4 is 0 Å². The highest BCUT2D eigenvalue weighted by atomic mass is 15.2. The van der Waals surface area contributed by atoms with Gasteiger partial charge in [0.15, 0.2) is 0 Å². The van der Waals surface area contributed by atoms with E-state index in [1.165, 1.54) is 32.2 Å². The van der Waals surface area contributed by atoms with Crippen LogP contribution in [-0.4, -0.2) is 24.5 Å². The number of fused-ring (bicyclic) bond motifs is 6. The molecular formula is C11H19N. The van der Waals surface area contributed by atoms with Crippen molar-refractivity contribution in [1.29, 1.82) is 0 Å². The predicted octanol–water partition coefficient (Wildman–Crippen LogP) is 2.13. The van der Waals surface area contributed by atoms with Gasteiger partial charge in [-0.25, -0.2) is 0 Å². The number of hydrogen-bond donors (Lipinski definition) is 0. The van der Waals surface area contributed by atoms with Crippen molar-refractivity contribution in [3.63, 3.8) is 0 Å². The molecule has 1 aliphatic heterocycles. The Morgan fingerprint density at radius 1 is 1.33 bits per heavy atom. The van der Waals surface area contributed by atoms with Crippen molar-refractivity contribution in [2.75, 3.05) is 13.6 Å². The second-order valence-electron chi connectivity index (χ2n) is 5.61. The van der Waals surface area contributed by atoms with Crippen LogP contribution in [0.25, 0.3) is 0 Å². The first kappa shape index (κ1) is 7.37. The van der Waals surface area contributed by atoms with E-state index in [0.717, 1.165) is 17.9 Å². The van der Waals surface area contributed by atoms with Crippen LogP contribution in [0.15, 0.2) is 0 Å². The lowest BCUT2D eigenvalue weighted by atomic mass is 9.72. The highest BCUT2D eigenvalue weighted by Gasteiger charge is 2.54. The molecule has 0 spiro atoms. The van der Waals surface area contributed by atoms with E-state index < -0.39 is 0 Å². The number of hydrogen-bond acceptors (Lipinski definition) is 1. The van der Waals surface area contributed by atoms with Crippen LogP contribution in [0.5, 0.6) is 0 Å². The predicted molar refractivity (Wildman–Crippen MR) is 50.0 cm³/mol. The molecule has 68 valence electrons. The Morgan fingerprint density at radius 2 is 2.17 bits per heavy atom. The van der Waals surface area contributed by atoms with Gasteiger partial charge in [0, 0.05) is 12.6 Å². The molecule has 1 nitrogen and oxygen atoms in total. The Kier molecular flexibility index (Phi) is 1.27. The van der Waals surface area contributed by atoms with Crippen LogP contribution in [0.4, 0.5) is 0 Å². The molecule has 0 aromatic rings. The lowest BCUT2D eigenvalue weighted by Gasteiger charge is -2.38. The molecule has 4 atom stereocenters. The Bertz CT molecular complexity index is 213. The Hall–Kier alpha value is -0.0400. The summed E-state index contributed by atoms with van der Waals surface area (Å²) in [5.41, 5.74) is 0.701. The Morgan fingerprint density at radius 3 is 3.00 bits per heavy atom. The van der Waals surface area contributed by atoms with Crippen molar-refractivity contribution in [1.82, 2.24) is 4.90 Å². The van der Waals surface area contributed by atoms with Crippen molar-refractivity contribution >= 4 is 0 Å². The fraction of sp³-hybridized carbons (Fsp3) is 1.00. The summed E-state index contributed by atoms with van der Waals surface area (Å²) in [4.78, 5) is 2.63. The molecule has 3 rings (SSSR count). The van der Waals surface area contributed by atoms with Gasteiger partial charge in [-0.2, -0.15) is 0 Å². The summed E-state index contributed by atoms with van der Waals surface area (Å²) >= 11 is 0. The van der Waals surface area contributed by atoms with Crippen LogP contribution in [0.2, 0.25) is 0 Å². The normalized spacial score (nSPS) is 58.0. The van der Waals surface area contributed by atoms with E-state index in [1.807, 2.05) is 0 Å². The molecule has 2 aliphatic carbocycles. The first-order valence-electron chi connectivity index (χ1n) is 5.39. The van der Waals surface area contributed by atoms with E-state index in [0.29, 0.717) is 5.41 Å². The van der Waals surface area contributed by atoms with Gasteiger partial charge in [-0.1, -0.05) is 6.92 Å². The van der Waals surface area contributed by atoms with Gasteiger partial charge in [0.05, 0.1) is 0 Å². The third-order valence-corrected chi connectivity index (χ3v) is 4.87. The van der Waals surface area contributed by atoms with Crippen LogP contribution in [0.3, 0.4) is 0 Å². The molecule has 3 fully saturated rings. The van der Waals surface area contributed by atoms with Gasteiger partial charge in [-0.05, 0) is 50.0 Å². The Labute approximate surface area is 75.1 Å². The van der Waals surface area contributed by atoms with Gasteiger partial charge in [-0.15, -0.1) is 0 Å². The first-order valence-corrected chi connectivity index (χ1v) is 5.39. The number of nitrogens with zero attached hydrogens (tertiary/aromatic N) is 1. The first-order chi connectivity index (χ1) is 5.69. The zero-order chi connectivity index (χ0) is 8.34.